The van der Waals surface area contributed by atoms with Gasteiger partial charge in [0.05, 0.1) is 16.7 Å². The van der Waals surface area contributed by atoms with Crippen molar-refractivity contribution in [1.29, 1.82) is 0 Å². The van der Waals surface area contributed by atoms with Gasteiger partial charge in [0.1, 0.15) is 0 Å². The molecule has 206 valence electrons. The fraction of sp³-hybridized carbons (Fsp3) is 0. The third-order valence-corrected chi connectivity index (χ3v) is 8.39. The Morgan fingerprint density at radius 2 is 1.02 bits per heavy atom. The van der Waals surface area contributed by atoms with Gasteiger partial charge in [-0.2, -0.15) is 0 Å². The summed E-state index contributed by atoms with van der Waals surface area (Å²) in [5.74, 6) is 1.92. The van der Waals surface area contributed by atoms with Crippen molar-refractivity contribution in [3.63, 3.8) is 0 Å². The first-order chi connectivity index (χ1) is 21.8. The number of benzene rings is 6. The molecule has 0 atom stereocenters. The number of hydrogen-bond acceptors (Lipinski definition) is 3. The van der Waals surface area contributed by atoms with Crippen molar-refractivity contribution in [3.8, 4) is 39.9 Å². The van der Waals surface area contributed by atoms with Gasteiger partial charge in [0, 0.05) is 49.3 Å². The van der Waals surface area contributed by atoms with Crippen LogP contribution in [0.4, 0.5) is 0 Å². The third-order valence-electron chi connectivity index (χ3n) is 8.39. The van der Waals surface area contributed by atoms with E-state index in [1.165, 1.54) is 21.5 Å². The van der Waals surface area contributed by atoms with Crippen LogP contribution in [-0.2, 0) is 0 Å². The fourth-order valence-electron chi connectivity index (χ4n) is 6.43. The maximum absolute atomic E-state index is 5.09. The second kappa shape index (κ2) is 9.75. The number of nitrogens with zero attached hydrogens (tertiary/aromatic N) is 4. The lowest BCUT2D eigenvalue weighted by Crippen LogP contribution is -2.03. The van der Waals surface area contributed by atoms with E-state index in [9.17, 15) is 0 Å². The van der Waals surface area contributed by atoms with Crippen molar-refractivity contribution in [2.75, 3.05) is 0 Å². The zero-order valence-corrected chi connectivity index (χ0v) is 23.6. The van der Waals surface area contributed by atoms with Gasteiger partial charge in [-0.15, -0.1) is 0 Å². The quantitative estimate of drug-likeness (QED) is 0.232. The van der Waals surface area contributed by atoms with Crippen molar-refractivity contribution in [1.82, 2.24) is 24.5 Å². The van der Waals surface area contributed by atoms with Gasteiger partial charge in [0.15, 0.2) is 17.5 Å². The van der Waals surface area contributed by atoms with Crippen LogP contribution in [0, 0.1) is 0 Å². The van der Waals surface area contributed by atoms with Crippen LogP contribution in [0.25, 0.3) is 83.5 Å². The van der Waals surface area contributed by atoms with E-state index in [2.05, 4.69) is 94.5 Å². The van der Waals surface area contributed by atoms with Crippen LogP contribution in [0.3, 0.4) is 0 Å². The smallest absolute Gasteiger partial charge is 0.166 e. The molecule has 0 aliphatic carbocycles. The second-order valence-corrected chi connectivity index (χ2v) is 11.0. The molecule has 0 unspecified atom stereocenters. The molecule has 5 nitrogen and oxygen atoms in total. The van der Waals surface area contributed by atoms with Crippen molar-refractivity contribution in [2.45, 2.75) is 0 Å². The standard InChI is InChI=1S/C39H25N5/c1-3-13-25(14-4-1)37-41-38(26-15-5-2-6-16-26)43-39(42-37)30-19-9-12-22-34(30)44-33-21-11-8-17-27(33)28-23-24-32-35(36(28)44)29-18-7-10-20-31(29)40-32/h1-24,40H. The maximum Gasteiger partial charge on any atom is 0.166 e. The van der Waals surface area contributed by atoms with Gasteiger partial charge in [-0.3, -0.25) is 0 Å². The molecule has 5 heteroatoms. The highest BCUT2D eigenvalue weighted by atomic mass is 15.1. The van der Waals surface area contributed by atoms with Crippen LogP contribution in [0.2, 0.25) is 0 Å². The summed E-state index contributed by atoms with van der Waals surface area (Å²) < 4.78 is 2.39. The predicted molar refractivity (Wildman–Crippen MR) is 180 cm³/mol. The highest BCUT2D eigenvalue weighted by Gasteiger charge is 2.21. The molecule has 0 saturated carbocycles. The van der Waals surface area contributed by atoms with Gasteiger partial charge < -0.3 is 9.55 Å². The maximum atomic E-state index is 5.09. The molecule has 0 aliphatic rings. The average Bonchev–Trinajstić information content (AvgIpc) is 3.64. The van der Waals surface area contributed by atoms with Gasteiger partial charge in [0.25, 0.3) is 0 Å². The lowest BCUT2D eigenvalue weighted by atomic mass is 10.1. The van der Waals surface area contributed by atoms with Gasteiger partial charge in [-0.1, -0.05) is 115 Å². The molecule has 6 aromatic carbocycles. The topological polar surface area (TPSA) is 59.4 Å². The summed E-state index contributed by atoms with van der Waals surface area (Å²) in [5, 5.41) is 4.82. The monoisotopic (exact) mass is 563 g/mol. The van der Waals surface area contributed by atoms with E-state index in [1.54, 1.807) is 0 Å². The Kier molecular flexibility index (Phi) is 5.43. The molecule has 0 spiro atoms. The molecule has 0 bridgehead atoms. The lowest BCUT2D eigenvalue weighted by molar-refractivity contribution is 1.06. The summed E-state index contributed by atoms with van der Waals surface area (Å²) in [5.41, 5.74) is 8.37. The van der Waals surface area contributed by atoms with Crippen molar-refractivity contribution < 1.29 is 0 Å². The second-order valence-electron chi connectivity index (χ2n) is 11.0. The Hall–Kier alpha value is -6.07. The van der Waals surface area contributed by atoms with Crippen molar-refractivity contribution >= 4 is 43.6 Å². The minimum Gasteiger partial charge on any atom is -0.354 e. The number of para-hydroxylation sites is 3. The van der Waals surface area contributed by atoms with Crippen LogP contribution in [0.5, 0.6) is 0 Å². The van der Waals surface area contributed by atoms with E-state index < -0.39 is 0 Å². The molecule has 9 rings (SSSR count). The van der Waals surface area contributed by atoms with E-state index in [0.29, 0.717) is 17.5 Å². The third kappa shape index (κ3) is 3.76. The first-order valence-corrected chi connectivity index (χ1v) is 14.7. The zero-order valence-electron chi connectivity index (χ0n) is 23.6. The lowest BCUT2D eigenvalue weighted by Gasteiger charge is -2.15. The van der Waals surface area contributed by atoms with E-state index in [-0.39, 0.29) is 0 Å². The summed E-state index contributed by atoms with van der Waals surface area (Å²) in [7, 11) is 0. The fourth-order valence-corrected chi connectivity index (χ4v) is 6.43. The van der Waals surface area contributed by atoms with Gasteiger partial charge in [-0.05, 0) is 30.3 Å². The van der Waals surface area contributed by atoms with Gasteiger partial charge >= 0.3 is 0 Å². The number of fused-ring (bicyclic) bond motifs is 7. The van der Waals surface area contributed by atoms with Crippen LogP contribution in [0.1, 0.15) is 0 Å². The highest BCUT2D eigenvalue weighted by molar-refractivity contribution is 6.25. The van der Waals surface area contributed by atoms with Crippen molar-refractivity contribution in [3.05, 3.63) is 146 Å². The van der Waals surface area contributed by atoms with E-state index >= 15 is 0 Å². The first-order valence-electron chi connectivity index (χ1n) is 14.7. The number of hydrogen-bond donors (Lipinski definition) is 1. The number of aromatic nitrogens is 5. The molecule has 0 aliphatic heterocycles. The van der Waals surface area contributed by atoms with E-state index in [1.807, 2.05) is 60.7 Å². The molecule has 0 fully saturated rings. The summed E-state index contributed by atoms with van der Waals surface area (Å²) in [6.45, 7) is 0. The Morgan fingerprint density at radius 3 is 1.77 bits per heavy atom. The molecular formula is C39H25N5. The number of nitrogens with one attached hydrogen (secondary N) is 1. The van der Waals surface area contributed by atoms with Crippen LogP contribution in [-0.4, -0.2) is 24.5 Å². The summed E-state index contributed by atoms with van der Waals surface area (Å²) in [4.78, 5) is 18.8. The first kappa shape index (κ1) is 24.5. The Labute approximate surface area is 253 Å². The summed E-state index contributed by atoms with van der Waals surface area (Å²) in [6, 6.07) is 50.3. The molecule has 0 amide bonds. The SMILES string of the molecule is c1ccc(-c2nc(-c3ccccc3)nc(-c3ccccc3-n3c4ccccc4c4ccc5[nH]c6ccccc6c5c43)n2)cc1. The predicted octanol–water partition coefficient (Wildman–Crippen LogP) is 9.60. The molecule has 1 N–H and O–H groups in total. The minimum absolute atomic E-state index is 0.630. The molecular weight excluding hydrogens is 538 g/mol. The summed E-state index contributed by atoms with van der Waals surface area (Å²) >= 11 is 0. The molecule has 0 saturated heterocycles. The molecule has 3 aromatic heterocycles. The Bertz CT molecular complexity index is 2430. The number of aromatic amines is 1. The van der Waals surface area contributed by atoms with Crippen LogP contribution < -0.4 is 0 Å². The van der Waals surface area contributed by atoms with Crippen LogP contribution >= 0.6 is 0 Å². The normalized spacial score (nSPS) is 11.6. The minimum atomic E-state index is 0.630. The molecule has 44 heavy (non-hydrogen) atoms. The molecule has 3 heterocycles. The van der Waals surface area contributed by atoms with E-state index in [0.717, 1.165) is 44.4 Å². The van der Waals surface area contributed by atoms with E-state index in [4.69, 9.17) is 15.0 Å². The summed E-state index contributed by atoms with van der Waals surface area (Å²) in [6.07, 6.45) is 0. The Balaban J connectivity index is 1.39. The Morgan fingerprint density at radius 1 is 0.432 bits per heavy atom. The van der Waals surface area contributed by atoms with Gasteiger partial charge in [0.2, 0.25) is 0 Å². The largest absolute Gasteiger partial charge is 0.354 e. The van der Waals surface area contributed by atoms with Gasteiger partial charge in [-0.25, -0.2) is 15.0 Å². The molecule has 0 radical (unpaired) electrons. The number of rotatable bonds is 4. The number of H-pyrrole nitrogens is 1. The zero-order chi connectivity index (χ0) is 29.0. The average molecular weight is 564 g/mol. The highest BCUT2D eigenvalue weighted by Crippen LogP contribution is 2.41. The van der Waals surface area contributed by atoms with Crippen molar-refractivity contribution in [2.24, 2.45) is 0 Å². The molecule has 9 aromatic rings. The van der Waals surface area contributed by atoms with Crippen LogP contribution in [0.15, 0.2) is 146 Å².